The van der Waals surface area contributed by atoms with Crippen LogP contribution in [0.15, 0.2) is 42.5 Å². The fourth-order valence-corrected chi connectivity index (χ4v) is 2.86. The molecule has 0 aliphatic heterocycles. The molecule has 0 fully saturated rings. The molecule has 0 heterocycles. The van der Waals surface area contributed by atoms with Crippen molar-refractivity contribution in [3.63, 3.8) is 0 Å². The number of carboxylic acid groups (broad SMARTS) is 1. The Morgan fingerprint density at radius 2 is 1.86 bits per heavy atom. The van der Waals surface area contributed by atoms with Gasteiger partial charge in [0.15, 0.2) is 5.60 Å². The number of aliphatic carboxylic acids is 1. The highest BCUT2D eigenvalue weighted by Gasteiger charge is 2.30. The zero-order valence-corrected chi connectivity index (χ0v) is 16.9. The lowest BCUT2D eigenvalue weighted by Crippen LogP contribution is -2.37. The van der Waals surface area contributed by atoms with E-state index in [9.17, 15) is 15.0 Å². The van der Waals surface area contributed by atoms with Gasteiger partial charge in [0.05, 0.1) is 11.1 Å². The van der Waals surface area contributed by atoms with Crippen molar-refractivity contribution in [2.75, 3.05) is 6.54 Å². The lowest BCUT2D eigenvalue weighted by atomic mass is 10.0. The van der Waals surface area contributed by atoms with Gasteiger partial charge in [0.1, 0.15) is 11.5 Å². The minimum absolute atomic E-state index is 0.160. The third kappa shape index (κ3) is 5.86. The van der Waals surface area contributed by atoms with Crippen LogP contribution in [0.25, 0.3) is 0 Å². The number of aromatic hydroxyl groups is 1. The van der Waals surface area contributed by atoms with Gasteiger partial charge in [-0.05, 0) is 69.1 Å². The zero-order valence-electron chi connectivity index (χ0n) is 16.1. The van der Waals surface area contributed by atoms with Gasteiger partial charge in [-0.25, -0.2) is 4.79 Å². The summed E-state index contributed by atoms with van der Waals surface area (Å²) in [6.45, 7) is 5.43. The molecule has 152 valence electrons. The van der Waals surface area contributed by atoms with Gasteiger partial charge in [0.2, 0.25) is 0 Å². The standard InChI is InChI=1S/C21H26ClNO5/c1-13(19(25)15-5-7-16(24)8-6-15)23-11-10-14-4-9-18(17(22)12-14)28-21(2,3)20(26)27/h4-9,12-13,19,23-25H,10-11H2,1-3H3,(H,26,27)/t13-,19-/m0/s1. The molecule has 0 aliphatic rings. The molecule has 2 rings (SSSR count). The second kappa shape index (κ2) is 9.28. The van der Waals surface area contributed by atoms with E-state index >= 15 is 0 Å². The minimum Gasteiger partial charge on any atom is -0.508 e. The first kappa shape index (κ1) is 22.0. The number of benzene rings is 2. The van der Waals surface area contributed by atoms with Gasteiger partial charge in [-0.3, -0.25) is 0 Å². The Bertz CT molecular complexity index is 807. The SMILES string of the molecule is C[C@H](NCCc1ccc(OC(C)(C)C(=O)O)c(Cl)c1)[C@H](O)c1ccc(O)cc1. The van der Waals surface area contributed by atoms with E-state index in [0.29, 0.717) is 23.7 Å². The Kier molecular flexibility index (Phi) is 7.29. The highest BCUT2D eigenvalue weighted by atomic mass is 35.5. The maximum atomic E-state index is 11.2. The van der Waals surface area contributed by atoms with Crippen LogP contribution in [0.5, 0.6) is 11.5 Å². The van der Waals surface area contributed by atoms with Crippen LogP contribution >= 0.6 is 11.6 Å². The summed E-state index contributed by atoms with van der Waals surface area (Å²) in [5.41, 5.74) is 0.319. The van der Waals surface area contributed by atoms with Crippen LogP contribution in [0, 0.1) is 0 Å². The normalized spacial score (nSPS) is 13.8. The van der Waals surface area contributed by atoms with Crippen molar-refractivity contribution >= 4 is 17.6 Å². The van der Waals surface area contributed by atoms with E-state index in [-0.39, 0.29) is 11.8 Å². The Labute approximate surface area is 169 Å². The Morgan fingerprint density at radius 3 is 2.43 bits per heavy atom. The number of rotatable bonds is 9. The first-order chi connectivity index (χ1) is 13.1. The van der Waals surface area contributed by atoms with Gasteiger partial charge in [-0.2, -0.15) is 0 Å². The summed E-state index contributed by atoms with van der Waals surface area (Å²) in [6, 6.07) is 11.5. The van der Waals surface area contributed by atoms with E-state index < -0.39 is 17.7 Å². The largest absolute Gasteiger partial charge is 0.508 e. The monoisotopic (exact) mass is 407 g/mol. The molecule has 0 aromatic heterocycles. The van der Waals surface area contributed by atoms with Crippen LogP contribution in [0.2, 0.25) is 5.02 Å². The number of carboxylic acids is 1. The molecule has 6 nitrogen and oxygen atoms in total. The van der Waals surface area contributed by atoms with Crippen molar-refractivity contribution in [1.82, 2.24) is 5.32 Å². The molecule has 2 aromatic rings. The van der Waals surface area contributed by atoms with Gasteiger partial charge in [0, 0.05) is 6.04 Å². The molecule has 28 heavy (non-hydrogen) atoms. The summed E-state index contributed by atoms with van der Waals surface area (Å²) in [6.07, 6.45) is -0.0205. The number of hydrogen-bond acceptors (Lipinski definition) is 5. The van der Waals surface area contributed by atoms with Crippen LogP contribution in [-0.4, -0.2) is 39.5 Å². The molecule has 0 unspecified atom stereocenters. The second-order valence-corrected chi connectivity index (χ2v) is 7.62. The number of hydrogen-bond donors (Lipinski definition) is 4. The fraction of sp³-hybridized carbons (Fsp3) is 0.381. The van der Waals surface area contributed by atoms with Crippen molar-refractivity contribution < 1.29 is 24.9 Å². The average Bonchev–Trinajstić information content (AvgIpc) is 2.63. The number of phenolic OH excluding ortho intramolecular Hbond substituents is 1. The number of aliphatic hydroxyl groups excluding tert-OH is 1. The molecule has 2 aromatic carbocycles. The van der Waals surface area contributed by atoms with Crippen molar-refractivity contribution in [2.24, 2.45) is 0 Å². The number of halogens is 1. The maximum Gasteiger partial charge on any atom is 0.347 e. The maximum absolute atomic E-state index is 11.2. The quantitative estimate of drug-likeness (QED) is 0.507. The molecule has 7 heteroatoms. The lowest BCUT2D eigenvalue weighted by molar-refractivity contribution is -0.152. The van der Waals surface area contributed by atoms with Gasteiger partial charge in [0.25, 0.3) is 0 Å². The zero-order chi connectivity index (χ0) is 20.9. The summed E-state index contributed by atoms with van der Waals surface area (Å²) in [7, 11) is 0. The van der Waals surface area contributed by atoms with Crippen molar-refractivity contribution in [1.29, 1.82) is 0 Å². The van der Waals surface area contributed by atoms with Crippen LogP contribution < -0.4 is 10.1 Å². The van der Waals surface area contributed by atoms with Crippen molar-refractivity contribution in [2.45, 2.75) is 44.9 Å². The molecular formula is C21H26ClNO5. The van der Waals surface area contributed by atoms with Gasteiger partial charge in [-0.15, -0.1) is 0 Å². The molecule has 0 saturated heterocycles. The fourth-order valence-electron chi connectivity index (χ4n) is 2.62. The van der Waals surface area contributed by atoms with Gasteiger partial charge >= 0.3 is 5.97 Å². The number of aliphatic hydroxyl groups is 1. The van der Waals surface area contributed by atoms with Crippen LogP contribution in [0.4, 0.5) is 0 Å². The third-order valence-corrected chi connectivity index (χ3v) is 4.76. The summed E-state index contributed by atoms with van der Waals surface area (Å²) in [5.74, 6) is -0.590. The Balaban J connectivity index is 1.89. The molecular weight excluding hydrogens is 382 g/mol. The molecule has 0 bridgehead atoms. The van der Waals surface area contributed by atoms with Gasteiger partial charge < -0.3 is 25.4 Å². The highest BCUT2D eigenvalue weighted by Crippen LogP contribution is 2.29. The second-order valence-electron chi connectivity index (χ2n) is 7.21. The molecule has 0 aliphatic carbocycles. The van der Waals surface area contributed by atoms with E-state index in [1.54, 1.807) is 36.4 Å². The predicted molar refractivity (Wildman–Crippen MR) is 108 cm³/mol. The van der Waals surface area contributed by atoms with Gasteiger partial charge in [-0.1, -0.05) is 29.8 Å². The van der Waals surface area contributed by atoms with Crippen LogP contribution in [-0.2, 0) is 11.2 Å². The van der Waals surface area contributed by atoms with E-state index in [1.165, 1.54) is 13.8 Å². The summed E-state index contributed by atoms with van der Waals surface area (Å²) in [5, 5.41) is 32.5. The first-order valence-electron chi connectivity index (χ1n) is 9.01. The molecule has 4 N–H and O–H groups in total. The van der Waals surface area contributed by atoms with Crippen molar-refractivity contribution in [3.8, 4) is 11.5 Å². The summed E-state index contributed by atoms with van der Waals surface area (Å²) in [4.78, 5) is 11.2. The molecule has 2 atom stereocenters. The van der Waals surface area contributed by atoms with E-state index in [2.05, 4.69) is 5.32 Å². The molecule has 0 amide bonds. The Hall–Kier alpha value is -2.28. The van der Waals surface area contributed by atoms with E-state index in [1.807, 2.05) is 13.0 Å². The van der Waals surface area contributed by atoms with Crippen LogP contribution in [0.1, 0.15) is 38.0 Å². The number of ether oxygens (including phenoxy) is 1. The molecule has 0 saturated carbocycles. The third-order valence-electron chi connectivity index (χ3n) is 4.46. The predicted octanol–water partition coefficient (Wildman–Crippen LogP) is 3.54. The molecule has 0 radical (unpaired) electrons. The number of nitrogens with one attached hydrogen (secondary N) is 1. The van der Waals surface area contributed by atoms with Crippen molar-refractivity contribution in [3.05, 3.63) is 58.6 Å². The molecule has 0 spiro atoms. The number of phenols is 1. The van der Waals surface area contributed by atoms with Crippen LogP contribution in [0.3, 0.4) is 0 Å². The smallest absolute Gasteiger partial charge is 0.347 e. The highest BCUT2D eigenvalue weighted by molar-refractivity contribution is 6.32. The van der Waals surface area contributed by atoms with E-state index in [4.69, 9.17) is 21.4 Å². The average molecular weight is 408 g/mol. The first-order valence-corrected chi connectivity index (χ1v) is 9.39. The van der Waals surface area contributed by atoms with E-state index in [0.717, 1.165) is 11.1 Å². The minimum atomic E-state index is -1.37. The Morgan fingerprint density at radius 1 is 1.21 bits per heavy atom. The number of carbonyl (C=O) groups is 1. The summed E-state index contributed by atoms with van der Waals surface area (Å²) < 4.78 is 5.48. The topological polar surface area (TPSA) is 99.0 Å². The summed E-state index contributed by atoms with van der Waals surface area (Å²) >= 11 is 6.23. The lowest BCUT2D eigenvalue weighted by Gasteiger charge is -2.22.